The Hall–Kier alpha value is -3.07. The highest BCUT2D eigenvalue weighted by molar-refractivity contribution is 7.39. The van der Waals surface area contributed by atoms with Gasteiger partial charge in [-0.1, -0.05) is 207 Å². The molecule has 52 heavy (non-hydrogen) atoms. The lowest BCUT2D eigenvalue weighted by Gasteiger charge is -2.36. The van der Waals surface area contributed by atoms with Gasteiger partial charge >= 0.3 is 8.60 Å². The van der Waals surface area contributed by atoms with Crippen molar-refractivity contribution >= 4 is 8.60 Å². The molecule has 0 heterocycles. The third-order valence-corrected chi connectivity index (χ3v) is 11.6. The third kappa shape index (κ3) is 11.7. The van der Waals surface area contributed by atoms with E-state index in [2.05, 4.69) is 156 Å². The van der Waals surface area contributed by atoms with Gasteiger partial charge < -0.3 is 9.79 Å². The van der Waals surface area contributed by atoms with E-state index in [0.717, 1.165) is 36.8 Å². The molecule has 0 saturated carbocycles. The fourth-order valence-corrected chi connectivity index (χ4v) is 8.13. The van der Waals surface area contributed by atoms with E-state index in [1.807, 2.05) is 0 Å². The summed E-state index contributed by atoms with van der Waals surface area (Å²) in [7, 11) is -2.62. The Morgan fingerprint density at radius 3 is 1.21 bits per heavy atom. The standard InChI is InChI=1S/C48H65O3P/c1-6-7-8-9-10-11-12-13-14-15-16-17-18-19-26-39-48(51-52(49)50,44-35-31-42(32-36-44)46(2,3)40-27-22-20-23-28-40)45-37-33-43(34-38-45)47(4,5)41-29-24-21-25-30-41/h13-14,20-25,27-38,49-50H,6-12,15-19,26,39H2,1-5H3/b14-13+. The van der Waals surface area contributed by atoms with Crippen LogP contribution < -0.4 is 0 Å². The second-order valence-electron chi connectivity index (χ2n) is 15.6. The average molecular weight is 721 g/mol. The van der Waals surface area contributed by atoms with E-state index in [4.69, 9.17) is 4.52 Å². The number of rotatable bonds is 23. The first-order valence-electron chi connectivity index (χ1n) is 20.0. The van der Waals surface area contributed by atoms with Crippen LogP contribution in [0.25, 0.3) is 0 Å². The zero-order valence-electron chi connectivity index (χ0n) is 32.7. The maximum Gasteiger partial charge on any atom is 0.328 e. The Bertz CT molecular complexity index is 1480. The second-order valence-corrected chi connectivity index (χ2v) is 16.3. The van der Waals surface area contributed by atoms with Crippen molar-refractivity contribution in [1.29, 1.82) is 0 Å². The number of unbranched alkanes of at least 4 members (excludes halogenated alkanes) is 11. The minimum Gasteiger partial charge on any atom is -0.328 e. The molecular formula is C48H65O3P. The van der Waals surface area contributed by atoms with Gasteiger partial charge in [0.05, 0.1) is 0 Å². The zero-order valence-corrected chi connectivity index (χ0v) is 33.6. The van der Waals surface area contributed by atoms with Crippen LogP contribution in [0, 0.1) is 0 Å². The highest BCUT2D eigenvalue weighted by atomic mass is 31.2. The van der Waals surface area contributed by atoms with Gasteiger partial charge in [0.2, 0.25) is 0 Å². The summed E-state index contributed by atoms with van der Waals surface area (Å²) in [5.74, 6) is 0. The molecule has 0 spiro atoms. The average Bonchev–Trinajstić information content (AvgIpc) is 3.16. The van der Waals surface area contributed by atoms with Gasteiger partial charge in [-0.15, -0.1) is 0 Å². The SMILES string of the molecule is CCCCCCCC/C=C/CCCCCCCC(OP(O)O)(c1ccc(C(C)(C)c2ccccc2)cc1)c1ccc(C(C)(C)c2ccccc2)cc1. The molecule has 0 bridgehead atoms. The van der Waals surface area contributed by atoms with Crippen molar-refractivity contribution in [1.82, 2.24) is 0 Å². The van der Waals surface area contributed by atoms with Crippen LogP contribution >= 0.6 is 8.60 Å². The Balaban J connectivity index is 1.49. The molecule has 0 aliphatic rings. The number of benzene rings is 4. The van der Waals surface area contributed by atoms with E-state index in [1.165, 1.54) is 80.0 Å². The number of hydrogen-bond acceptors (Lipinski definition) is 3. The predicted octanol–water partition coefficient (Wildman–Crippen LogP) is 13.8. The molecule has 280 valence electrons. The first-order valence-corrected chi connectivity index (χ1v) is 21.1. The van der Waals surface area contributed by atoms with Gasteiger partial charge in [-0.05, 0) is 71.9 Å². The fourth-order valence-electron chi connectivity index (χ4n) is 7.55. The summed E-state index contributed by atoms with van der Waals surface area (Å²) in [6.07, 6.45) is 21.5. The Kier molecular flexibility index (Phi) is 16.8. The summed E-state index contributed by atoms with van der Waals surface area (Å²) >= 11 is 0. The van der Waals surface area contributed by atoms with Crippen LogP contribution in [0.5, 0.6) is 0 Å². The van der Waals surface area contributed by atoms with E-state index < -0.39 is 14.2 Å². The van der Waals surface area contributed by atoms with Crippen LogP contribution in [-0.2, 0) is 21.0 Å². The molecule has 4 aromatic rings. The van der Waals surface area contributed by atoms with Crippen molar-refractivity contribution in [2.24, 2.45) is 0 Å². The largest absolute Gasteiger partial charge is 0.328 e. The lowest BCUT2D eigenvalue weighted by Crippen LogP contribution is -2.30. The van der Waals surface area contributed by atoms with Gasteiger partial charge in [0.1, 0.15) is 5.60 Å². The summed E-state index contributed by atoms with van der Waals surface area (Å²) in [6, 6.07) is 38.5. The fraction of sp³-hybridized carbons (Fsp3) is 0.458. The van der Waals surface area contributed by atoms with Crippen LogP contribution in [-0.4, -0.2) is 9.79 Å². The van der Waals surface area contributed by atoms with Crippen molar-refractivity contribution in [2.75, 3.05) is 0 Å². The highest BCUT2D eigenvalue weighted by Gasteiger charge is 2.39. The molecule has 0 saturated heterocycles. The van der Waals surface area contributed by atoms with Gasteiger partial charge in [-0.2, -0.15) is 0 Å². The van der Waals surface area contributed by atoms with Gasteiger partial charge in [0.25, 0.3) is 0 Å². The molecule has 2 N–H and O–H groups in total. The predicted molar refractivity (Wildman–Crippen MR) is 223 cm³/mol. The summed E-state index contributed by atoms with van der Waals surface area (Å²) in [5, 5.41) is 0. The normalized spacial score (nSPS) is 12.6. The Morgan fingerprint density at radius 1 is 0.462 bits per heavy atom. The quantitative estimate of drug-likeness (QED) is 0.0456. The number of hydrogen-bond donors (Lipinski definition) is 2. The zero-order chi connectivity index (χ0) is 37.3. The molecule has 0 atom stereocenters. The molecule has 0 aliphatic heterocycles. The van der Waals surface area contributed by atoms with Crippen molar-refractivity contribution in [3.8, 4) is 0 Å². The summed E-state index contributed by atoms with van der Waals surface area (Å²) < 4.78 is 6.32. The van der Waals surface area contributed by atoms with Crippen LogP contribution in [0.3, 0.4) is 0 Å². The van der Waals surface area contributed by atoms with Crippen molar-refractivity contribution < 1.29 is 14.3 Å². The Labute approximate surface area is 317 Å². The van der Waals surface area contributed by atoms with Gasteiger partial charge in [0, 0.05) is 10.8 Å². The maximum absolute atomic E-state index is 10.5. The van der Waals surface area contributed by atoms with E-state index >= 15 is 0 Å². The molecule has 0 amide bonds. The molecule has 0 radical (unpaired) electrons. The molecule has 0 aromatic heterocycles. The Morgan fingerprint density at radius 2 is 0.808 bits per heavy atom. The van der Waals surface area contributed by atoms with E-state index in [-0.39, 0.29) is 10.8 Å². The summed E-state index contributed by atoms with van der Waals surface area (Å²) in [4.78, 5) is 21.0. The first-order chi connectivity index (χ1) is 25.1. The van der Waals surface area contributed by atoms with Crippen LogP contribution in [0.15, 0.2) is 121 Å². The summed E-state index contributed by atoms with van der Waals surface area (Å²) in [5.41, 5.74) is 5.45. The maximum atomic E-state index is 10.5. The molecule has 4 aromatic carbocycles. The van der Waals surface area contributed by atoms with Crippen LogP contribution in [0.2, 0.25) is 0 Å². The van der Waals surface area contributed by atoms with E-state index in [9.17, 15) is 9.79 Å². The molecule has 4 rings (SSSR count). The van der Waals surface area contributed by atoms with Crippen molar-refractivity contribution in [2.45, 2.75) is 141 Å². The van der Waals surface area contributed by atoms with Crippen molar-refractivity contribution in [3.63, 3.8) is 0 Å². The minimum absolute atomic E-state index is 0.183. The molecule has 0 fully saturated rings. The minimum atomic E-state index is -2.62. The van der Waals surface area contributed by atoms with Gasteiger partial charge in [-0.3, -0.25) is 4.52 Å². The molecule has 4 heteroatoms. The molecule has 3 nitrogen and oxygen atoms in total. The van der Waals surface area contributed by atoms with E-state index in [0.29, 0.717) is 6.42 Å². The van der Waals surface area contributed by atoms with Crippen molar-refractivity contribution in [3.05, 3.63) is 155 Å². The van der Waals surface area contributed by atoms with Gasteiger partial charge in [-0.25, -0.2) is 0 Å². The van der Waals surface area contributed by atoms with Crippen LogP contribution in [0.4, 0.5) is 0 Å². The second kappa shape index (κ2) is 21.0. The number of allylic oxidation sites excluding steroid dienone is 2. The monoisotopic (exact) mass is 720 g/mol. The third-order valence-electron chi connectivity index (χ3n) is 11.2. The van der Waals surface area contributed by atoms with Gasteiger partial charge in [0.15, 0.2) is 0 Å². The van der Waals surface area contributed by atoms with Crippen LogP contribution in [0.1, 0.15) is 158 Å². The molecule has 0 unspecified atom stereocenters. The smallest absolute Gasteiger partial charge is 0.328 e. The first kappa shape index (κ1) is 41.7. The highest BCUT2D eigenvalue weighted by Crippen LogP contribution is 2.48. The topological polar surface area (TPSA) is 49.7 Å². The molecular weight excluding hydrogens is 655 g/mol. The van der Waals surface area contributed by atoms with E-state index in [1.54, 1.807) is 0 Å². The molecule has 0 aliphatic carbocycles. The summed E-state index contributed by atoms with van der Waals surface area (Å²) in [6.45, 7) is 11.3. The lowest BCUT2D eigenvalue weighted by molar-refractivity contribution is 0.0790. The lowest BCUT2D eigenvalue weighted by atomic mass is 9.75.